The summed E-state index contributed by atoms with van der Waals surface area (Å²) in [6.45, 7) is 11.9. The molecule has 4 nitrogen and oxygen atoms in total. The molecule has 2 unspecified atom stereocenters. The second-order valence-corrected chi connectivity index (χ2v) is 6.30. The largest absolute Gasteiger partial charge is 0.382 e. The van der Waals surface area contributed by atoms with Gasteiger partial charge in [0.2, 0.25) is 0 Å². The Morgan fingerprint density at radius 1 is 1.33 bits per heavy atom. The minimum Gasteiger partial charge on any atom is -0.382 e. The molecule has 0 radical (unpaired) electrons. The summed E-state index contributed by atoms with van der Waals surface area (Å²) in [5.41, 5.74) is 0.298. The van der Waals surface area contributed by atoms with Crippen LogP contribution in [0.3, 0.4) is 0 Å². The average Bonchev–Trinajstić information content (AvgIpc) is 2.53. The van der Waals surface area contributed by atoms with Gasteiger partial charge in [-0.2, -0.15) is 0 Å². The molecule has 18 heavy (non-hydrogen) atoms. The molecule has 1 N–H and O–H groups in total. The smallest absolute Gasteiger partial charge is 0.0931 e. The van der Waals surface area contributed by atoms with Crippen molar-refractivity contribution in [1.82, 2.24) is 10.2 Å². The summed E-state index contributed by atoms with van der Waals surface area (Å²) in [5, 5.41) is 3.66. The maximum absolute atomic E-state index is 5.47. The normalized spacial score (nSPS) is 24.8. The van der Waals surface area contributed by atoms with E-state index in [1.54, 1.807) is 14.2 Å². The van der Waals surface area contributed by atoms with E-state index in [9.17, 15) is 0 Å². The highest BCUT2D eigenvalue weighted by molar-refractivity contribution is 4.86. The molecule has 2 atom stereocenters. The SMILES string of the molecule is COCC(CN1CCCNC(C(C)(C)C)C1)OC. The molecule has 1 saturated heterocycles. The van der Waals surface area contributed by atoms with Crippen LogP contribution in [0, 0.1) is 5.41 Å². The van der Waals surface area contributed by atoms with Gasteiger partial charge in [-0.15, -0.1) is 0 Å². The van der Waals surface area contributed by atoms with Crippen LogP contribution in [0.4, 0.5) is 0 Å². The van der Waals surface area contributed by atoms with Crippen molar-refractivity contribution in [3.8, 4) is 0 Å². The third-order valence-electron chi connectivity index (χ3n) is 3.68. The molecule has 4 heteroatoms. The van der Waals surface area contributed by atoms with Gasteiger partial charge in [-0.05, 0) is 24.9 Å². The summed E-state index contributed by atoms with van der Waals surface area (Å²) in [5.74, 6) is 0. The predicted molar refractivity (Wildman–Crippen MR) is 75.0 cm³/mol. The van der Waals surface area contributed by atoms with Gasteiger partial charge in [0, 0.05) is 33.4 Å². The van der Waals surface area contributed by atoms with E-state index in [2.05, 4.69) is 31.0 Å². The molecule has 108 valence electrons. The van der Waals surface area contributed by atoms with Crippen LogP contribution < -0.4 is 5.32 Å². The van der Waals surface area contributed by atoms with Crippen molar-refractivity contribution < 1.29 is 9.47 Å². The summed E-state index contributed by atoms with van der Waals surface area (Å²) < 4.78 is 10.7. The fourth-order valence-electron chi connectivity index (χ4n) is 2.41. The quantitative estimate of drug-likeness (QED) is 0.807. The molecule has 0 aromatic heterocycles. The molecule has 1 heterocycles. The van der Waals surface area contributed by atoms with Crippen molar-refractivity contribution in [2.75, 3.05) is 47.0 Å². The van der Waals surface area contributed by atoms with Gasteiger partial charge in [0.1, 0.15) is 0 Å². The van der Waals surface area contributed by atoms with Crippen LogP contribution in [0.1, 0.15) is 27.2 Å². The summed E-state index contributed by atoms with van der Waals surface area (Å²) in [6, 6.07) is 0.542. The Kier molecular flexibility index (Phi) is 6.57. The first-order valence-corrected chi connectivity index (χ1v) is 6.95. The molecular formula is C14H30N2O2. The van der Waals surface area contributed by atoms with Crippen LogP contribution in [-0.4, -0.2) is 64.1 Å². The highest BCUT2D eigenvalue weighted by atomic mass is 16.5. The third-order valence-corrected chi connectivity index (χ3v) is 3.68. The lowest BCUT2D eigenvalue weighted by atomic mass is 9.86. The summed E-state index contributed by atoms with van der Waals surface area (Å²) >= 11 is 0. The molecule has 1 rings (SSSR count). The highest BCUT2D eigenvalue weighted by Crippen LogP contribution is 2.21. The molecule has 0 saturated carbocycles. The van der Waals surface area contributed by atoms with Crippen molar-refractivity contribution >= 4 is 0 Å². The first-order valence-electron chi connectivity index (χ1n) is 6.95. The number of nitrogens with zero attached hydrogens (tertiary/aromatic N) is 1. The van der Waals surface area contributed by atoms with Crippen LogP contribution >= 0.6 is 0 Å². The lowest BCUT2D eigenvalue weighted by molar-refractivity contribution is 0.00394. The fourth-order valence-corrected chi connectivity index (χ4v) is 2.41. The van der Waals surface area contributed by atoms with E-state index >= 15 is 0 Å². The van der Waals surface area contributed by atoms with Crippen molar-refractivity contribution in [3.05, 3.63) is 0 Å². The van der Waals surface area contributed by atoms with Gasteiger partial charge in [-0.3, -0.25) is 4.90 Å². The standard InChI is InChI=1S/C14H30N2O2/c1-14(2,3)13-10-16(8-6-7-15-13)9-12(18-5)11-17-4/h12-13,15H,6-11H2,1-5H3. The van der Waals surface area contributed by atoms with Crippen molar-refractivity contribution in [2.45, 2.75) is 39.3 Å². The second-order valence-electron chi connectivity index (χ2n) is 6.30. The number of rotatable bonds is 5. The molecule has 0 aromatic carbocycles. The Balaban J connectivity index is 2.53. The number of methoxy groups -OCH3 is 2. The topological polar surface area (TPSA) is 33.7 Å². The van der Waals surface area contributed by atoms with Crippen molar-refractivity contribution in [1.29, 1.82) is 0 Å². The van der Waals surface area contributed by atoms with Crippen LogP contribution in [0.2, 0.25) is 0 Å². The van der Waals surface area contributed by atoms with Crippen molar-refractivity contribution in [2.24, 2.45) is 5.41 Å². The minimum absolute atomic E-state index is 0.175. The Morgan fingerprint density at radius 2 is 2.06 bits per heavy atom. The second kappa shape index (κ2) is 7.43. The van der Waals surface area contributed by atoms with Gasteiger partial charge in [-0.25, -0.2) is 0 Å². The van der Waals surface area contributed by atoms with E-state index in [1.807, 2.05) is 0 Å². The maximum Gasteiger partial charge on any atom is 0.0931 e. The van der Waals surface area contributed by atoms with Crippen LogP contribution in [0.15, 0.2) is 0 Å². The number of hydrogen-bond acceptors (Lipinski definition) is 4. The monoisotopic (exact) mass is 258 g/mol. The van der Waals surface area contributed by atoms with Gasteiger partial charge in [0.25, 0.3) is 0 Å². The van der Waals surface area contributed by atoms with E-state index in [0.29, 0.717) is 18.1 Å². The van der Waals surface area contributed by atoms with Gasteiger partial charge in [-0.1, -0.05) is 20.8 Å². The minimum atomic E-state index is 0.175. The summed E-state index contributed by atoms with van der Waals surface area (Å²) in [6.07, 6.45) is 1.38. The predicted octanol–water partition coefficient (Wildman–Crippen LogP) is 1.36. The summed E-state index contributed by atoms with van der Waals surface area (Å²) in [7, 11) is 3.49. The van der Waals surface area contributed by atoms with E-state index in [-0.39, 0.29) is 6.10 Å². The van der Waals surface area contributed by atoms with Gasteiger partial charge in [0.05, 0.1) is 12.7 Å². The molecule has 0 bridgehead atoms. The first-order chi connectivity index (χ1) is 8.47. The van der Waals surface area contributed by atoms with Gasteiger partial charge in [0.15, 0.2) is 0 Å². The molecule has 1 aliphatic rings. The molecule has 0 amide bonds. The molecule has 0 aromatic rings. The molecule has 1 fully saturated rings. The molecule has 0 spiro atoms. The summed E-state index contributed by atoms with van der Waals surface area (Å²) in [4.78, 5) is 2.50. The molecule has 1 aliphatic heterocycles. The van der Waals surface area contributed by atoms with E-state index in [4.69, 9.17) is 9.47 Å². The van der Waals surface area contributed by atoms with Crippen molar-refractivity contribution in [3.63, 3.8) is 0 Å². The number of ether oxygens (including phenoxy) is 2. The Hall–Kier alpha value is -0.160. The van der Waals surface area contributed by atoms with Crippen LogP contribution in [0.25, 0.3) is 0 Å². The van der Waals surface area contributed by atoms with E-state index < -0.39 is 0 Å². The average molecular weight is 258 g/mol. The lowest BCUT2D eigenvalue weighted by Gasteiger charge is -2.34. The zero-order chi connectivity index (χ0) is 13.6. The fraction of sp³-hybridized carbons (Fsp3) is 1.00. The van der Waals surface area contributed by atoms with E-state index in [1.165, 1.54) is 6.42 Å². The molecule has 0 aliphatic carbocycles. The third kappa shape index (κ3) is 5.22. The Morgan fingerprint density at radius 3 is 2.61 bits per heavy atom. The maximum atomic E-state index is 5.47. The lowest BCUT2D eigenvalue weighted by Crippen LogP contribution is -2.48. The molecular weight excluding hydrogens is 228 g/mol. The number of hydrogen-bond donors (Lipinski definition) is 1. The van der Waals surface area contributed by atoms with Gasteiger partial charge < -0.3 is 14.8 Å². The Bertz CT molecular complexity index is 228. The number of nitrogens with one attached hydrogen (secondary N) is 1. The van der Waals surface area contributed by atoms with Crippen LogP contribution in [0.5, 0.6) is 0 Å². The van der Waals surface area contributed by atoms with E-state index in [0.717, 1.165) is 26.2 Å². The first kappa shape index (κ1) is 15.9. The Labute approximate surface area is 112 Å². The van der Waals surface area contributed by atoms with Gasteiger partial charge >= 0.3 is 0 Å². The highest BCUT2D eigenvalue weighted by Gasteiger charge is 2.28. The van der Waals surface area contributed by atoms with Crippen LogP contribution in [-0.2, 0) is 9.47 Å². The zero-order valence-electron chi connectivity index (χ0n) is 12.7. The zero-order valence-corrected chi connectivity index (χ0v) is 12.7.